The van der Waals surface area contributed by atoms with Gasteiger partial charge >= 0.3 is 0 Å². The molecule has 19 heavy (non-hydrogen) atoms. The molecule has 0 aromatic heterocycles. The number of nitrogens with two attached hydrogens (primary N) is 1. The van der Waals surface area contributed by atoms with Crippen molar-refractivity contribution in [1.82, 2.24) is 0 Å². The Hall–Kier alpha value is -0.760. The van der Waals surface area contributed by atoms with Crippen LogP contribution in [0.4, 0.5) is 0 Å². The molecule has 0 saturated heterocycles. The van der Waals surface area contributed by atoms with Crippen molar-refractivity contribution in [2.75, 3.05) is 53.7 Å². The van der Waals surface area contributed by atoms with E-state index in [0.29, 0.717) is 0 Å². The van der Waals surface area contributed by atoms with Crippen LogP contribution in [0.25, 0.3) is 0 Å². The molecule has 112 valence electrons. The second-order valence-corrected chi connectivity index (χ2v) is 4.98. The first kappa shape index (κ1) is 18.2. The number of ether oxygens (including phenoxy) is 1. The van der Waals surface area contributed by atoms with Crippen molar-refractivity contribution < 1.29 is 24.5 Å². The van der Waals surface area contributed by atoms with E-state index in [1.165, 1.54) is 0 Å². The quantitative estimate of drug-likeness (QED) is 0.458. The van der Waals surface area contributed by atoms with Gasteiger partial charge in [-0.15, -0.1) is 0 Å². The summed E-state index contributed by atoms with van der Waals surface area (Å²) in [5.74, 6) is 0. The predicted octanol–water partition coefficient (Wildman–Crippen LogP) is -1.18. The zero-order chi connectivity index (χ0) is 14.8. The molecule has 0 aliphatic carbocycles. The van der Waals surface area contributed by atoms with Crippen molar-refractivity contribution in [3.8, 4) is 0 Å². The zero-order valence-electron chi connectivity index (χ0n) is 11.8. The highest BCUT2D eigenvalue weighted by atomic mass is 16.5. The maximum Gasteiger partial charge on any atom is 0.107 e. The summed E-state index contributed by atoms with van der Waals surface area (Å²) in [7, 11) is 3.95. The highest BCUT2D eigenvalue weighted by molar-refractivity contribution is 5.03. The van der Waals surface area contributed by atoms with Gasteiger partial charge in [0.2, 0.25) is 0 Å². The van der Waals surface area contributed by atoms with Gasteiger partial charge in [0.25, 0.3) is 0 Å². The minimum Gasteiger partial charge on any atom is -0.394 e. The van der Waals surface area contributed by atoms with Gasteiger partial charge in [0.15, 0.2) is 0 Å². The number of hydrogen-bond donors (Lipinski definition) is 4. The number of aliphatic hydroxyl groups is 3. The molecular formula is C13H27N2O4+. The van der Waals surface area contributed by atoms with Crippen LogP contribution < -0.4 is 5.73 Å². The average Bonchev–Trinajstić information content (AvgIpc) is 2.46. The Morgan fingerprint density at radius 2 is 1.79 bits per heavy atom. The second kappa shape index (κ2) is 9.19. The van der Waals surface area contributed by atoms with Crippen LogP contribution in [0.5, 0.6) is 0 Å². The van der Waals surface area contributed by atoms with Gasteiger partial charge in [-0.25, -0.2) is 0 Å². The molecule has 1 aliphatic heterocycles. The molecule has 6 heteroatoms. The Balaban J connectivity index is 0.000000362. The molecule has 1 heterocycles. The van der Waals surface area contributed by atoms with Crippen molar-refractivity contribution in [2.45, 2.75) is 5.54 Å². The summed E-state index contributed by atoms with van der Waals surface area (Å²) in [4.78, 5) is 0. The van der Waals surface area contributed by atoms with E-state index >= 15 is 0 Å². The van der Waals surface area contributed by atoms with E-state index in [9.17, 15) is 0 Å². The summed E-state index contributed by atoms with van der Waals surface area (Å²) >= 11 is 0. The van der Waals surface area contributed by atoms with E-state index in [2.05, 4.69) is 31.5 Å². The number of nitrogens with zero attached hydrogens (tertiary/aromatic N) is 1. The van der Waals surface area contributed by atoms with E-state index in [0.717, 1.165) is 24.2 Å². The lowest BCUT2D eigenvalue weighted by Crippen LogP contribution is -2.50. The van der Waals surface area contributed by atoms with Gasteiger partial charge < -0.3 is 25.8 Å². The van der Waals surface area contributed by atoms with E-state index in [1.54, 1.807) is 7.11 Å². The number of quaternary nitrogens is 1. The Kier molecular flexibility index (Phi) is 8.82. The Bertz CT molecular complexity index is 282. The molecule has 1 atom stereocenters. The third-order valence-corrected chi connectivity index (χ3v) is 2.97. The van der Waals surface area contributed by atoms with Crippen LogP contribution in [0.1, 0.15) is 0 Å². The number of rotatable bonds is 6. The SMILES string of the molecule is COCC[N+]1(C)C=CC=CC1.NC(CO)(CO)CO. The van der Waals surface area contributed by atoms with Crippen molar-refractivity contribution in [3.05, 3.63) is 24.4 Å². The third-order valence-electron chi connectivity index (χ3n) is 2.97. The number of likely N-dealkylation sites (N-methyl/N-ethyl adjacent to an activating group) is 1. The van der Waals surface area contributed by atoms with Gasteiger partial charge in [-0.2, -0.15) is 0 Å². The fourth-order valence-corrected chi connectivity index (χ4v) is 1.31. The number of methoxy groups -OCH3 is 1. The molecule has 1 unspecified atom stereocenters. The maximum atomic E-state index is 8.34. The Labute approximate surface area is 115 Å². The average molecular weight is 275 g/mol. The lowest BCUT2D eigenvalue weighted by atomic mass is 10.1. The van der Waals surface area contributed by atoms with E-state index in [-0.39, 0.29) is 0 Å². The fraction of sp³-hybridized carbons (Fsp3) is 0.692. The summed E-state index contributed by atoms with van der Waals surface area (Å²) < 4.78 is 6.00. The number of allylic oxidation sites excluding steroid dienone is 2. The first-order valence-electron chi connectivity index (χ1n) is 6.24. The van der Waals surface area contributed by atoms with E-state index in [1.807, 2.05) is 0 Å². The molecule has 0 saturated carbocycles. The van der Waals surface area contributed by atoms with Gasteiger partial charge in [-0.05, 0) is 12.2 Å². The maximum absolute atomic E-state index is 8.34. The molecule has 0 amide bonds. The molecule has 0 aromatic carbocycles. The highest BCUT2D eigenvalue weighted by Gasteiger charge is 2.20. The molecule has 1 rings (SSSR count). The highest BCUT2D eigenvalue weighted by Crippen LogP contribution is 2.07. The summed E-state index contributed by atoms with van der Waals surface area (Å²) in [6.07, 6.45) is 8.58. The van der Waals surface area contributed by atoms with Gasteiger partial charge in [-0.1, -0.05) is 6.08 Å². The molecular weight excluding hydrogens is 248 g/mol. The smallest absolute Gasteiger partial charge is 0.107 e. The molecule has 0 aromatic rings. The minimum atomic E-state index is -1.21. The number of hydrogen-bond acceptors (Lipinski definition) is 5. The van der Waals surface area contributed by atoms with Gasteiger partial charge in [0.1, 0.15) is 13.1 Å². The topological polar surface area (TPSA) is 95.9 Å². The van der Waals surface area contributed by atoms with Crippen LogP contribution in [0.3, 0.4) is 0 Å². The van der Waals surface area contributed by atoms with Gasteiger partial charge in [-0.3, -0.25) is 4.48 Å². The van der Waals surface area contributed by atoms with Gasteiger partial charge in [0, 0.05) is 7.11 Å². The molecule has 0 spiro atoms. The molecule has 0 radical (unpaired) electrons. The molecule has 1 aliphatic rings. The van der Waals surface area contributed by atoms with Crippen molar-refractivity contribution in [2.24, 2.45) is 5.73 Å². The largest absolute Gasteiger partial charge is 0.394 e. The van der Waals surface area contributed by atoms with Crippen LogP contribution in [0.15, 0.2) is 24.4 Å². The monoisotopic (exact) mass is 275 g/mol. The van der Waals surface area contributed by atoms with E-state index in [4.69, 9.17) is 25.8 Å². The summed E-state index contributed by atoms with van der Waals surface area (Å²) in [6.45, 7) is 1.76. The first-order valence-corrected chi connectivity index (χ1v) is 6.24. The standard InChI is InChI=1S/C9H16NO.C4H11NO3/c1-10(8-9-11-2)6-4-3-5-7-10;5-4(1-6,2-7)3-8/h3-6H,7-9H2,1-2H3;6-8H,1-3,5H2/q+1;. The van der Waals surface area contributed by atoms with Crippen molar-refractivity contribution in [1.29, 1.82) is 0 Å². The molecule has 5 N–H and O–H groups in total. The summed E-state index contributed by atoms with van der Waals surface area (Å²) in [6, 6.07) is 0. The minimum absolute atomic E-state index is 0.403. The lowest BCUT2D eigenvalue weighted by Gasteiger charge is -2.30. The second-order valence-electron chi connectivity index (χ2n) is 4.98. The molecule has 0 fully saturated rings. The zero-order valence-corrected chi connectivity index (χ0v) is 11.8. The third kappa shape index (κ3) is 7.41. The van der Waals surface area contributed by atoms with Crippen molar-refractivity contribution >= 4 is 0 Å². The predicted molar refractivity (Wildman–Crippen MR) is 74.3 cm³/mol. The number of aliphatic hydroxyl groups excluding tert-OH is 3. The fourth-order valence-electron chi connectivity index (χ4n) is 1.31. The summed E-state index contributed by atoms with van der Waals surface area (Å²) in [5.41, 5.74) is 3.94. The first-order chi connectivity index (χ1) is 8.95. The van der Waals surface area contributed by atoms with Crippen LogP contribution in [-0.2, 0) is 4.74 Å². The van der Waals surface area contributed by atoms with Crippen LogP contribution in [-0.4, -0.2) is 79.0 Å². The van der Waals surface area contributed by atoms with Crippen LogP contribution in [0.2, 0.25) is 0 Å². The Morgan fingerprint density at radius 3 is 2.11 bits per heavy atom. The van der Waals surface area contributed by atoms with Crippen LogP contribution in [0, 0.1) is 0 Å². The molecule has 0 bridgehead atoms. The van der Waals surface area contributed by atoms with Crippen LogP contribution >= 0.6 is 0 Å². The van der Waals surface area contributed by atoms with E-state index < -0.39 is 25.4 Å². The Morgan fingerprint density at radius 1 is 1.21 bits per heavy atom. The van der Waals surface area contributed by atoms with Crippen molar-refractivity contribution in [3.63, 3.8) is 0 Å². The summed E-state index contributed by atoms with van der Waals surface area (Å²) in [5, 5.41) is 25.0. The normalized spacial score (nSPS) is 22.0. The molecule has 6 nitrogen and oxygen atoms in total. The lowest BCUT2D eigenvalue weighted by molar-refractivity contribution is -0.854. The van der Waals surface area contributed by atoms with Gasteiger partial charge in [0.05, 0.1) is 45.2 Å².